The fourth-order valence-electron chi connectivity index (χ4n) is 6.08. The standard InChI is InChI=1S/C35H36N4O6S2/c1-34(2,3)17-18-35(36-21-22-13-14-23-9-5-6-10-24(23)19-22)27-12-8-7-11-26(27)31(40)30(32(35)41)33-37-28-16-15-25(38-46(4,42)43)20-29(28)47(44,45)39-33/h5-16,19-20,36,38,40H,17-18,21H2,1-4H3,(H,37,39). The van der Waals surface area contributed by atoms with Crippen molar-refractivity contribution in [3.05, 3.63) is 107 Å². The van der Waals surface area contributed by atoms with Gasteiger partial charge in [0.05, 0.1) is 11.9 Å². The number of benzene rings is 4. The monoisotopic (exact) mass is 672 g/mol. The molecular formula is C35H36N4O6S2. The van der Waals surface area contributed by atoms with Gasteiger partial charge in [-0.3, -0.25) is 14.8 Å². The molecule has 6 rings (SSSR count). The Morgan fingerprint density at radius 1 is 0.936 bits per heavy atom. The third-order valence-corrected chi connectivity index (χ3v) is 10.3. The Bertz CT molecular complexity index is 2220. The van der Waals surface area contributed by atoms with E-state index in [0.29, 0.717) is 30.5 Å². The number of nitrogens with zero attached hydrogens (tertiary/aromatic N) is 1. The van der Waals surface area contributed by atoms with E-state index in [4.69, 9.17) is 0 Å². The van der Waals surface area contributed by atoms with Crippen LogP contribution in [0.2, 0.25) is 0 Å². The van der Waals surface area contributed by atoms with Gasteiger partial charge < -0.3 is 10.4 Å². The molecule has 12 heteroatoms. The summed E-state index contributed by atoms with van der Waals surface area (Å²) in [5.41, 5.74) is 0.314. The van der Waals surface area contributed by atoms with E-state index in [9.17, 15) is 26.7 Å². The van der Waals surface area contributed by atoms with Crippen LogP contribution in [0.3, 0.4) is 0 Å². The average Bonchev–Trinajstić information content (AvgIpc) is 3.00. The summed E-state index contributed by atoms with van der Waals surface area (Å²) in [5.74, 6) is -1.21. The molecule has 0 bridgehead atoms. The summed E-state index contributed by atoms with van der Waals surface area (Å²) in [4.78, 5) is 14.7. The van der Waals surface area contributed by atoms with Crippen molar-refractivity contribution in [3.63, 3.8) is 0 Å². The van der Waals surface area contributed by atoms with Crippen LogP contribution in [-0.4, -0.2) is 39.8 Å². The van der Waals surface area contributed by atoms with Crippen molar-refractivity contribution in [3.8, 4) is 0 Å². The highest BCUT2D eigenvalue weighted by molar-refractivity contribution is 7.92. The first-order chi connectivity index (χ1) is 22.1. The Morgan fingerprint density at radius 2 is 1.64 bits per heavy atom. The van der Waals surface area contributed by atoms with E-state index in [0.717, 1.165) is 28.7 Å². The minimum atomic E-state index is -4.42. The Morgan fingerprint density at radius 3 is 2.36 bits per heavy atom. The van der Waals surface area contributed by atoms with E-state index in [-0.39, 0.29) is 38.9 Å². The van der Waals surface area contributed by atoms with Gasteiger partial charge in [0.15, 0.2) is 11.6 Å². The van der Waals surface area contributed by atoms with E-state index in [1.165, 1.54) is 12.1 Å². The Kier molecular flexibility index (Phi) is 8.02. The molecule has 0 saturated heterocycles. The van der Waals surface area contributed by atoms with Crippen LogP contribution in [0.15, 0.2) is 99.8 Å². The Hall–Kier alpha value is -4.52. The van der Waals surface area contributed by atoms with Gasteiger partial charge >= 0.3 is 0 Å². The summed E-state index contributed by atoms with van der Waals surface area (Å²) in [6.07, 6.45) is 1.94. The van der Waals surface area contributed by atoms with E-state index in [2.05, 4.69) is 46.6 Å². The second kappa shape index (κ2) is 11.6. The molecule has 1 atom stereocenters. The van der Waals surface area contributed by atoms with Gasteiger partial charge in [0, 0.05) is 17.8 Å². The van der Waals surface area contributed by atoms with Crippen molar-refractivity contribution in [2.45, 2.75) is 50.6 Å². The molecule has 0 spiro atoms. The highest BCUT2D eigenvalue weighted by Gasteiger charge is 2.49. The second-order valence-corrected chi connectivity index (χ2v) is 16.5. The van der Waals surface area contributed by atoms with Gasteiger partial charge in [-0.05, 0) is 64.4 Å². The number of hydrogen-bond acceptors (Lipinski definition) is 8. The number of carbonyl (C=O) groups excluding carboxylic acids is 1. The zero-order valence-corrected chi connectivity index (χ0v) is 28.1. The summed E-state index contributed by atoms with van der Waals surface area (Å²) in [6, 6.07) is 25.1. The molecule has 10 nitrogen and oxygen atoms in total. The quantitative estimate of drug-likeness (QED) is 0.176. The number of amidine groups is 1. The molecule has 0 saturated carbocycles. The minimum Gasteiger partial charge on any atom is -0.506 e. The van der Waals surface area contributed by atoms with E-state index < -0.39 is 31.4 Å². The van der Waals surface area contributed by atoms with Crippen molar-refractivity contribution in [2.75, 3.05) is 16.3 Å². The highest BCUT2D eigenvalue weighted by atomic mass is 32.2. The lowest BCUT2D eigenvalue weighted by Gasteiger charge is -2.41. The van der Waals surface area contributed by atoms with Crippen LogP contribution >= 0.6 is 0 Å². The first-order valence-corrected chi connectivity index (χ1v) is 18.4. The lowest BCUT2D eigenvalue weighted by molar-refractivity contribution is -0.122. The van der Waals surface area contributed by atoms with Gasteiger partial charge in [0.2, 0.25) is 10.0 Å². The average molecular weight is 673 g/mol. The van der Waals surface area contributed by atoms with Gasteiger partial charge in [0.1, 0.15) is 21.8 Å². The van der Waals surface area contributed by atoms with Gasteiger partial charge in [-0.15, -0.1) is 4.40 Å². The summed E-state index contributed by atoms with van der Waals surface area (Å²) in [7, 11) is -8.09. The lowest BCUT2D eigenvalue weighted by atomic mass is 9.69. The zero-order chi connectivity index (χ0) is 33.8. The maximum absolute atomic E-state index is 14.9. The number of hydrogen-bond donors (Lipinski definition) is 4. The third-order valence-electron chi connectivity index (χ3n) is 8.42. The summed E-state index contributed by atoms with van der Waals surface area (Å²) in [5, 5.41) is 20.3. The normalized spacial score (nSPS) is 19.1. The summed E-state index contributed by atoms with van der Waals surface area (Å²) < 4.78 is 56.7. The summed E-state index contributed by atoms with van der Waals surface area (Å²) in [6.45, 7) is 6.57. The molecule has 1 aliphatic carbocycles. The number of carbonyl (C=O) groups is 1. The molecule has 4 aromatic rings. The molecular weight excluding hydrogens is 637 g/mol. The van der Waals surface area contributed by atoms with Crippen LogP contribution in [0.1, 0.15) is 50.3 Å². The molecule has 0 fully saturated rings. The summed E-state index contributed by atoms with van der Waals surface area (Å²) >= 11 is 0. The van der Waals surface area contributed by atoms with Crippen LogP contribution in [0, 0.1) is 5.41 Å². The van der Waals surface area contributed by atoms with E-state index >= 15 is 0 Å². The Labute approximate surface area is 274 Å². The first-order valence-electron chi connectivity index (χ1n) is 15.1. The van der Waals surface area contributed by atoms with Gasteiger partial charge in [-0.25, -0.2) is 8.42 Å². The molecule has 1 unspecified atom stereocenters. The fourth-order valence-corrected chi connectivity index (χ4v) is 7.78. The van der Waals surface area contributed by atoms with Crippen molar-refractivity contribution in [1.82, 2.24) is 5.32 Å². The number of rotatable bonds is 8. The third kappa shape index (κ3) is 6.40. The van der Waals surface area contributed by atoms with Crippen molar-refractivity contribution in [1.29, 1.82) is 0 Å². The number of Topliss-reactive ketones (excluding diaryl/α,β-unsaturated/α-hetero) is 1. The van der Waals surface area contributed by atoms with Crippen LogP contribution in [0.4, 0.5) is 11.4 Å². The minimum absolute atomic E-state index is 0.0408. The van der Waals surface area contributed by atoms with Gasteiger partial charge in [-0.2, -0.15) is 8.42 Å². The number of fused-ring (bicyclic) bond motifs is 3. The number of nitrogens with one attached hydrogen (secondary N) is 3. The van der Waals surface area contributed by atoms with Crippen molar-refractivity contribution in [2.24, 2.45) is 9.81 Å². The zero-order valence-electron chi connectivity index (χ0n) is 26.5. The molecule has 1 heterocycles. The number of aliphatic hydroxyl groups is 1. The number of sulfonamides is 2. The van der Waals surface area contributed by atoms with Gasteiger partial charge in [-0.1, -0.05) is 81.4 Å². The van der Waals surface area contributed by atoms with E-state index in [1.54, 1.807) is 12.1 Å². The molecule has 4 N–H and O–H groups in total. The molecule has 0 aromatic heterocycles. The highest BCUT2D eigenvalue weighted by Crippen LogP contribution is 2.44. The van der Waals surface area contributed by atoms with Crippen LogP contribution < -0.4 is 15.4 Å². The molecule has 244 valence electrons. The van der Waals surface area contributed by atoms with Crippen LogP contribution in [0.25, 0.3) is 16.5 Å². The molecule has 4 aromatic carbocycles. The first kappa shape index (κ1) is 32.4. The largest absolute Gasteiger partial charge is 0.506 e. The molecule has 2 aliphatic rings. The molecule has 1 aliphatic heterocycles. The predicted molar refractivity (Wildman–Crippen MR) is 185 cm³/mol. The van der Waals surface area contributed by atoms with Crippen LogP contribution in [-0.2, 0) is 36.9 Å². The van der Waals surface area contributed by atoms with Crippen molar-refractivity contribution < 1.29 is 26.7 Å². The number of aliphatic hydroxyl groups excluding tert-OH is 1. The lowest BCUT2D eigenvalue weighted by Crippen LogP contribution is -2.53. The Balaban J connectivity index is 1.46. The smallest absolute Gasteiger partial charge is 0.286 e. The molecule has 0 amide bonds. The maximum atomic E-state index is 14.9. The topological polar surface area (TPSA) is 154 Å². The molecule has 0 radical (unpaired) electrons. The number of ketones is 1. The van der Waals surface area contributed by atoms with Crippen LogP contribution in [0.5, 0.6) is 0 Å². The second-order valence-electron chi connectivity index (χ2n) is 13.2. The fraction of sp³-hybridized carbons (Fsp3) is 0.257. The maximum Gasteiger partial charge on any atom is 0.286 e. The van der Waals surface area contributed by atoms with Gasteiger partial charge in [0.25, 0.3) is 10.0 Å². The molecule has 47 heavy (non-hydrogen) atoms. The SMILES string of the molecule is CC(C)(C)CCC1(NCc2ccc3ccccc3c2)C(=O)C(C2=NS(=O)(=O)c3cc(NS(C)(=O)=O)ccc3N2)=C(O)c2ccccc21. The number of anilines is 2. The van der Waals surface area contributed by atoms with Crippen molar-refractivity contribution >= 4 is 59.6 Å². The van der Waals surface area contributed by atoms with E-state index in [1.807, 2.05) is 48.5 Å². The predicted octanol–water partition coefficient (Wildman–Crippen LogP) is 6.09.